The second-order valence-corrected chi connectivity index (χ2v) is 4.46. The molecule has 0 aromatic heterocycles. The van der Waals surface area contributed by atoms with E-state index in [0.29, 0.717) is 13.0 Å². The molecule has 3 amide bonds. The van der Waals surface area contributed by atoms with Crippen LogP contribution in [0.15, 0.2) is 0 Å². The van der Waals surface area contributed by atoms with Gasteiger partial charge in [-0.25, -0.2) is 0 Å². The van der Waals surface area contributed by atoms with Crippen LogP contribution in [0.2, 0.25) is 0 Å². The van der Waals surface area contributed by atoms with E-state index >= 15 is 0 Å². The standard InChI is InChI=1S/C11H20N4O3/c1-14(2)11(18)8-4-3-5-15(8)10(17)7-13-9(16)6-12/h8H,3-7,12H2,1-2H3,(H,13,16). The van der Waals surface area contributed by atoms with Crippen molar-refractivity contribution in [1.29, 1.82) is 0 Å². The average molecular weight is 256 g/mol. The van der Waals surface area contributed by atoms with Crippen molar-refractivity contribution in [3.8, 4) is 0 Å². The molecule has 0 radical (unpaired) electrons. The van der Waals surface area contributed by atoms with Crippen LogP contribution in [-0.2, 0) is 14.4 Å². The lowest BCUT2D eigenvalue weighted by Gasteiger charge is -2.26. The van der Waals surface area contributed by atoms with Gasteiger partial charge in [0.1, 0.15) is 6.04 Å². The van der Waals surface area contributed by atoms with E-state index in [9.17, 15) is 14.4 Å². The molecule has 0 aliphatic carbocycles. The van der Waals surface area contributed by atoms with Gasteiger partial charge in [-0.3, -0.25) is 14.4 Å². The molecule has 102 valence electrons. The topological polar surface area (TPSA) is 95.7 Å². The Morgan fingerprint density at radius 2 is 2.06 bits per heavy atom. The third-order valence-corrected chi connectivity index (χ3v) is 2.92. The molecule has 7 nitrogen and oxygen atoms in total. The number of nitrogens with zero attached hydrogens (tertiary/aromatic N) is 2. The molecule has 0 saturated carbocycles. The van der Waals surface area contributed by atoms with Crippen LogP contribution in [0.4, 0.5) is 0 Å². The van der Waals surface area contributed by atoms with Crippen LogP contribution in [0.25, 0.3) is 0 Å². The SMILES string of the molecule is CN(C)C(=O)C1CCCN1C(=O)CNC(=O)CN. The number of likely N-dealkylation sites (tertiary alicyclic amines) is 1. The van der Waals surface area contributed by atoms with Crippen molar-refractivity contribution >= 4 is 17.7 Å². The summed E-state index contributed by atoms with van der Waals surface area (Å²) in [5.41, 5.74) is 5.13. The molecule has 0 aromatic carbocycles. The third-order valence-electron chi connectivity index (χ3n) is 2.92. The highest BCUT2D eigenvalue weighted by molar-refractivity contribution is 5.90. The molecule has 1 unspecified atom stereocenters. The lowest BCUT2D eigenvalue weighted by Crippen LogP contribution is -2.49. The van der Waals surface area contributed by atoms with Crippen molar-refractivity contribution in [2.24, 2.45) is 5.73 Å². The maximum Gasteiger partial charge on any atom is 0.244 e. The largest absolute Gasteiger partial charge is 0.347 e. The summed E-state index contributed by atoms with van der Waals surface area (Å²) < 4.78 is 0. The summed E-state index contributed by atoms with van der Waals surface area (Å²) in [4.78, 5) is 37.8. The Morgan fingerprint density at radius 1 is 1.39 bits per heavy atom. The van der Waals surface area contributed by atoms with E-state index in [0.717, 1.165) is 6.42 Å². The summed E-state index contributed by atoms with van der Waals surface area (Å²) in [6.07, 6.45) is 1.48. The van der Waals surface area contributed by atoms with Gasteiger partial charge < -0.3 is 20.9 Å². The van der Waals surface area contributed by atoms with E-state index in [-0.39, 0.29) is 30.8 Å². The zero-order valence-corrected chi connectivity index (χ0v) is 10.8. The third kappa shape index (κ3) is 3.43. The molecule has 1 atom stereocenters. The van der Waals surface area contributed by atoms with E-state index in [2.05, 4.69) is 5.32 Å². The Kier molecular flexibility index (Phi) is 5.08. The van der Waals surface area contributed by atoms with E-state index in [4.69, 9.17) is 5.73 Å². The van der Waals surface area contributed by atoms with Crippen LogP contribution < -0.4 is 11.1 Å². The normalized spacial score (nSPS) is 18.6. The van der Waals surface area contributed by atoms with E-state index < -0.39 is 6.04 Å². The maximum absolute atomic E-state index is 11.9. The van der Waals surface area contributed by atoms with Crippen molar-refractivity contribution in [3.63, 3.8) is 0 Å². The van der Waals surface area contributed by atoms with Gasteiger partial charge in [-0.15, -0.1) is 0 Å². The molecule has 7 heteroatoms. The van der Waals surface area contributed by atoms with Crippen molar-refractivity contribution in [1.82, 2.24) is 15.1 Å². The molecule has 1 saturated heterocycles. The van der Waals surface area contributed by atoms with Gasteiger partial charge in [-0.2, -0.15) is 0 Å². The first kappa shape index (κ1) is 14.4. The Balaban J connectivity index is 2.56. The fraction of sp³-hybridized carbons (Fsp3) is 0.727. The number of likely N-dealkylation sites (N-methyl/N-ethyl adjacent to an activating group) is 1. The first-order valence-electron chi connectivity index (χ1n) is 5.94. The Bertz CT molecular complexity index is 343. The van der Waals surface area contributed by atoms with Crippen LogP contribution in [0.5, 0.6) is 0 Å². The van der Waals surface area contributed by atoms with E-state index in [1.165, 1.54) is 9.80 Å². The molecule has 1 aliphatic rings. The minimum absolute atomic E-state index is 0.0778. The Morgan fingerprint density at radius 3 is 2.61 bits per heavy atom. The average Bonchev–Trinajstić information content (AvgIpc) is 2.83. The second kappa shape index (κ2) is 6.34. The predicted molar refractivity (Wildman–Crippen MR) is 65.5 cm³/mol. The molecular formula is C11H20N4O3. The molecule has 0 bridgehead atoms. The zero-order chi connectivity index (χ0) is 13.7. The highest BCUT2D eigenvalue weighted by Crippen LogP contribution is 2.18. The number of carbonyl (C=O) groups is 3. The number of nitrogens with two attached hydrogens (primary N) is 1. The molecule has 0 aromatic rings. The van der Waals surface area contributed by atoms with E-state index in [1.54, 1.807) is 14.1 Å². The molecule has 1 aliphatic heterocycles. The monoisotopic (exact) mass is 256 g/mol. The predicted octanol–water partition coefficient (Wildman–Crippen LogP) is -1.86. The number of nitrogens with one attached hydrogen (secondary N) is 1. The van der Waals surface area contributed by atoms with Crippen LogP contribution >= 0.6 is 0 Å². The number of hydrogen-bond acceptors (Lipinski definition) is 4. The van der Waals surface area contributed by atoms with Gasteiger partial charge in [0.05, 0.1) is 13.1 Å². The fourth-order valence-electron chi connectivity index (χ4n) is 1.97. The summed E-state index contributed by atoms with van der Waals surface area (Å²) in [5.74, 6) is -0.696. The summed E-state index contributed by atoms with van der Waals surface area (Å²) >= 11 is 0. The van der Waals surface area contributed by atoms with Gasteiger partial charge in [0.15, 0.2) is 0 Å². The van der Waals surface area contributed by atoms with Crippen LogP contribution in [-0.4, -0.2) is 67.3 Å². The Hall–Kier alpha value is -1.63. The maximum atomic E-state index is 11.9. The van der Waals surface area contributed by atoms with Gasteiger partial charge in [-0.1, -0.05) is 0 Å². The minimum atomic E-state index is -0.401. The number of carbonyl (C=O) groups excluding carboxylic acids is 3. The molecule has 1 heterocycles. The lowest BCUT2D eigenvalue weighted by atomic mass is 10.2. The quantitative estimate of drug-likeness (QED) is 0.616. The molecule has 18 heavy (non-hydrogen) atoms. The summed E-state index contributed by atoms with van der Waals surface area (Å²) in [6.45, 7) is 0.308. The highest BCUT2D eigenvalue weighted by atomic mass is 16.2. The van der Waals surface area contributed by atoms with Gasteiger partial charge in [0.25, 0.3) is 0 Å². The van der Waals surface area contributed by atoms with Gasteiger partial charge in [-0.05, 0) is 12.8 Å². The second-order valence-electron chi connectivity index (χ2n) is 4.46. The van der Waals surface area contributed by atoms with Crippen LogP contribution in [0.1, 0.15) is 12.8 Å². The first-order valence-corrected chi connectivity index (χ1v) is 5.94. The summed E-state index contributed by atoms with van der Waals surface area (Å²) in [6, 6.07) is -0.401. The number of hydrogen-bond donors (Lipinski definition) is 2. The Labute approximate surface area is 106 Å². The molecular weight excluding hydrogens is 236 g/mol. The fourth-order valence-corrected chi connectivity index (χ4v) is 1.97. The van der Waals surface area contributed by atoms with Crippen molar-refractivity contribution < 1.29 is 14.4 Å². The van der Waals surface area contributed by atoms with E-state index in [1.807, 2.05) is 0 Å². The minimum Gasteiger partial charge on any atom is -0.347 e. The molecule has 0 spiro atoms. The van der Waals surface area contributed by atoms with Gasteiger partial charge in [0.2, 0.25) is 17.7 Å². The summed E-state index contributed by atoms with van der Waals surface area (Å²) in [7, 11) is 3.33. The van der Waals surface area contributed by atoms with Crippen molar-refractivity contribution in [2.75, 3.05) is 33.7 Å². The van der Waals surface area contributed by atoms with Crippen LogP contribution in [0, 0.1) is 0 Å². The highest BCUT2D eigenvalue weighted by Gasteiger charge is 2.34. The number of rotatable bonds is 4. The molecule has 1 fully saturated rings. The molecule has 3 N–H and O–H groups in total. The van der Waals surface area contributed by atoms with Gasteiger partial charge >= 0.3 is 0 Å². The van der Waals surface area contributed by atoms with Gasteiger partial charge in [0, 0.05) is 20.6 Å². The molecule has 1 rings (SSSR count). The smallest absolute Gasteiger partial charge is 0.244 e. The van der Waals surface area contributed by atoms with Crippen molar-refractivity contribution in [2.45, 2.75) is 18.9 Å². The lowest BCUT2D eigenvalue weighted by molar-refractivity contribution is -0.142. The van der Waals surface area contributed by atoms with Crippen LogP contribution in [0.3, 0.4) is 0 Å². The van der Waals surface area contributed by atoms with Crippen molar-refractivity contribution in [3.05, 3.63) is 0 Å². The number of amides is 3. The summed E-state index contributed by atoms with van der Waals surface area (Å²) in [5, 5.41) is 2.42. The zero-order valence-electron chi connectivity index (χ0n) is 10.8. The first-order chi connectivity index (χ1) is 8.47.